The molecule has 1 atom stereocenters. The third kappa shape index (κ3) is 3.94. The van der Waals surface area contributed by atoms with E-state index in [0.717, 1.165) is 0 Å². The van der Waals surface area contributed by atoms with Crippen molar-refractivity contribution in [1.82, 2.24) is 19.6 Å². The Morgan fingerprint density at radius 1 is 1.40 bits per heavy atom. The third-order valence-electron chi connectivity index (χ3n) is 3.65. The van der Waals surface area contributed by atoms with Crippen LogP contribution in [0.1, 0.15) is 12.2 Å². The summed E-state index contributed by atoms with van der Waals surface area (Å²) >= 11 is 0. The van der Waals surface area contributed by atoms with Crippen molar-refractivity contribution in [3.8, 4) is 6.19 Å². The number of nitriles is 1. The average molecular weight is 374 g/mol. The quantitative estimate of drug-likeness (QED) is 0.700. The maximum Gasteiger partial charge on any atom is 0.449 e. The molecule has 0 radical (unpaired) electrons. The molecule has 1 saturated heterocycles. The number of nitrogens with one attached hydrogen (secondary N) is 3. The van der Waals surface area contributed by atoms with Gasteiger partial charge in [0.25, 0.3) is 10.2 Å². The Bertz CT molecular complexity index is 933. The predicted octanol–water partition coefficient (Wildman–Crippen LogP) is 1.38. The van der Waals surface area contributed by atoms with Gasteiger partial charge in [-0.15, -0.1) is 0 Å². The lowest BCUT2D eigenvalue weighted by molar-refractivity contribution is -0.144. The van der Waals surface area contributed by atoms with E-state index in [0.29, 0.717) is 13.0 Å². The van der Waals surface area contributed by atoms with Crippen LogP contribution in [0.15, 0.2) is 18.2 Å². The van der Waals surface area contributed by atoms with Crippen molar-refractivity contribution < 1.29 is 21.6 Å². The summed E-state index contributed by atoms with van der Waals surface area (Å²) in [6.45, 7) is 0.732. The van der Waals surface area contributed by atoms with Crippen molar-refractivity contribution >= 4 is 26.9 Å². The van der Waals surface area contributed by atoms with Crippen LogP contribution in [0.25, 0.3) is 11.0 Å². The first-order chi connectivity index (χ1) is 11.7. The first-order valence-electron chi connectivity index (χ1n) is 7.18. The smallest absolute Gasteiger partial charge is 0.334 e. The van der Waals surface area contributed by atoms with Crippen LogP contribution >= 0.6 is 0 Å². The van der Waals surface area contributed by atoms with Gasteiger partial charge in [0.1, 0.15) is 0 Å². The maximum atomic E-state index is 12.6. The van der Waals surface area contributed by atoms with Crippen LogP contribution in [-0.2, 0) is 16.4 Å². The van der Waals surface area contributed by atoms with E-state index in [1.165, 1.54) is 23.1 Å². The zero-order valence-electron chi connectivity index (χ0n) is 12.6. The van der Waals surface area contributed by atoms with E-state index < -0.39 is 28.3 Å². The van der Waals surface area contributed by atoms with E-state index in [-0.39, 0.29) is 23.3 Å². The Hall–Kier alpha value is -2.52. The number of halogens is 3. The van der Waals surface area contributed by atoms with Gasteiger partial charge in [0.2, 0.25) is 5.82 Å². The molecule has 3 N–H and O–H groups in total. The fourth-order valence-corrected chi connectivity index (χ4v) is 3.69. The number of alkyl halides is 3. The number of nitrogens with zero attached hydrogens (tertiary/aromatic N) is 3. The van der Waals surface area contributed by atoms with Gasteiger partial charge in [-0.3, -0.25) is 4.72 Å². The topological polar surface area (TPSA) is 114 Å². The maximum absolute atomic E-state index is 12.6. The zero-order chi connectivity index (χ0) is 18.2. The minimum atomic E-state index is -4.62. The van der Waals surface area contributed by atoms with Crippen molar-refractivity contribution in [2.24, 2.45) is 0 Å². The van der Waals surface area contributed by atoms with Crippen molar-refractivity contribution in [3.63, 3.8) is 0 Å². The van der Waals surface area contributed by atoms with Crippen LogP contribution in [0.3, 0.4) is 0 Å². The molecule has 0 aliphatic carbocycles. The molecular weight excluding hydrogens is 361 g/mol. The molecule has 0 amide bonds. The van der Waals surface area contributed by atoms with Crippen LogP contribution in [0.2, 0.25) is 0 Å². The highest BCUT2D eigenvalue weighted by Crippen LogP contribution is 2.29. The minimum absolute atomic E-state index is 0.0593. The van der Waals surface area contributed by atoms with Crippen molar-refractivity contribution in [2.45, 2.75) is 18.6 Å². The van der Waals surface area contributed by atoms with E-state index in [1.54, 1.807) is 0 Å². The normalized spacial score (nSPS) is 18.5. The highest BCUT2D eigenvalue weighted by Gasteiger charge is 2.34. The monoisotopic (exact) mass is 374 g/mol. The third-order valence-corrected chi connectivity index (χ3v) is 4.80. The van der Waals surface area contributed by atoms with Gasteiger partial charge in [-0.2, -0.15) is 31.6 Å². The molecule has 1 unspecified atom stereocenters. The second kappa shape index (κ2) is 6.08. The second-order valence-electron chi connectivity index (χ2n) is 5.57. The number of H-pyrrole nitrogens is 1. The number of hydrogen-bond acceptors (Lipinski definition) is 5. The van der Waals surface area contributed by atoms with Crippen molar-refractivity contribution in [3.05, 3.63) is 24.0 Å². The van der Waals surface area contributed by atoms with Gasteiger partial charge < -0.3 is 9.88 Å². The summed E-state index contributed by atoms with van der Waals surface area (Å²) in [6.07, 6.45) is -2.19. The SMILES string of the molecule is N#CN1CCC(NS(=O)(=O)Nc2ccc3nc(C(F)(F)F)[nH]c3c2)C1. The molecule has 134 valence electrons. The van der Waals surface area contributed by atoms with E-state index in [9.17, 15) is 21.6 Å². The summed E-state index contributed by atoms with van der Waals surface area (Å²) in [5.74, 6) is -1.15. The molecule has 2 aromatic rings. The van der Waals surface area contributed by atoms with Gasteiger partial charge >= 0.3 is 6.18 Å². The van der Waals surface area contributed by atoms with Crippen LogP contribution < -0.4 is 9.44 Å². The number of likely N-dealkylation sites (tertiary alicyclic amines) is 1. The summed E-state index contributed by atoms with van der Waals surface area (Å²) in [5, 5.41) is 8.77. The highest BCUT2D eigenvalue weighted by molar-refractivity contribution is 7.90. The molecule has 1 aromatic heterocycles. The molecule has 3 rings (SSSR count). The molecule has 25 heavy (non-hydrogen) atoms. The Kier molecular flexibility index (Phi) is 4.21. The summed E-state index contributed by atoms with van der Waals surface area (Å²) in [5.41, 5.74) is 0.222. The second-order valence-corrected chi connectivity index (χ2v) is 7.02. The largest absolute Gasteiger partial charge is 0.449 e. The van der Waals surface area contributed by atoms with Crippen molar-refractivity contribution in [2.75, 3.05) is 17.8 Å². The molecule has 0 saturated carbocycles. The number of hydrogen-bond donors (Lipinski definition) is 3. The molecule has 12 heteroatoms. The molecule has 2 heterocycles. The lowest BCUT2D eigenvalue weighted by Crippen LogP contribution is -2.39. The summed E-state index contributed by atoms with van der Waals surface area (Å²) in [7, 11) is -3.93. The first kappa shape index (κ1) is 17.3. The summed E-state index contributed by atoms with van der Waals surface area (Å²) in [6, 6.07) is 3.42. The van der Waals surface area contributed by atoms with Gasteiger partial charge in [-0.1, -0.05) is 0 Å². The van der Waals surface area contributed by atoms with Crippen LogP contribution in [0.4, 0.5) is 18.9 Å². The number of benzene rings is 1. The Balaban J connectivity index is 1.74. The number of anilines is 1. The first-order valence-corrected chi connectivity index (χ1v) is 8.66. The lowest BCUT2D eigenvalue weighted by atomic mass is 10.3. The predicted molar refractivity (Wildman–Crippen MR) is 82.4 cm³/mol. The van der Waals surface area contributed by atoms with Gasteiger partial charge in [0.05, 0.1) is 16.7 Å². The van der Waals surface area contributed by atoms with Gasteiger partial charge in [-0.25, -0.2) is 4.98 Å². The Morgan fingerprint density at radius 3 is 2.80 bits per heavy atom. The standard InChI is InChI=1S/C13H13F3N6O2S/c14-13(15,16)12-18-10-2-1-8(5-11(10)19-12)20-25(23,24)21-9-3-4-22(6-9)7-17/h1-2,5,9,20-21H,3-4,6H2,(H,18,19). The number of aromatic amines is 1. The van der Waals surface area contributed by atoms with E-state index in [1.807, 2.05) is 6.19 Å². The summed E-state index contributed by atoms with van der Waals surface area (Å²) in [4.78, 5) is 6.96. The number of imidazole rings is 1. The summed E-state index contributed by atoms with van der Waals surface area (Å²) < 4.78 is 66.8. The van der Waals surface area contributed by atoms with Crippen LogP contribution in [-0.4, -0.2) is 42.4 Å². The van der Waals surface area contributed by atoms with Crippen LogP contribution in [0, 0.1) is 11.5 Å². The van der Waals surface area contributed by atoms with Gasteiger partial charge in [-0.05, 0) is 24.6 Å². The molecule has 8 nitrogen and oxygen atoms in total. The molecule has 1 fully saturated rings. The number of aromatic nitrogens is 2. The van der Waals surface area contributed by atoms with Gasteiger partial charge in [0, 0.05) is 19.1 Å². The van der Waals surface area contributed by atoms with E-state index in [4.69, 9.17) is 5.26 Å². The highest BCUT2D eigenvalue weighted by atomic mass is 32.2. The van der Waals surface area contributed by atoms with Crippen molar-refractivity contribution in [1.29, 1.82) is 5.26 Å². The Labute approximate surface area is 140 Å². The molecule has 0 spiro atoms. The number of rotatable bonds is 4. The molecule has 1 aromatic carbocycles. The fourth-order valence-electron chi connectivity index (χ4n) is 2.56. The fraction of sp³-hybridized carbons (Fsp3) is 0.385. The number of fused-ring (bicyclic) bond motifs is 1. The average Bonchev–Trinajstić information content (AvgIpc) is 3.11. The zero-order valence-corrected chi connectivity index (χ0v) is 13.4. The molecular formula is C13H13F3N6O2S. The lowest BCUT2D eigenvalue weighted by Gasteiger charge is -2.14. The van der Waals surface area contributed by atoms with Gasteiger partial charge in [0.15, 0.2) is 6.19 Å². The minimum Gasteiger partial charge on any atom is -0.334 e. The van der Waals surface area contributed by atoms with E-state index in [2.05, 4.69) is 19.4 Å². The molecule has 1 aliphatic heterocycles. The molecule has 1 aliphatic rings. The molecule has 0 bridgehead atoms. The van der Waals surface area contributed by atoms with Crippen LogP contribution in [0.5, 0.6) is 0 Å². The van der Waals surface area contributed by atoms with E-state index >= 15 is 0 Å². The Morgan fingerprint density at radius 2 is 2.16 bits per heavy atom.